The normalized spacial score (nSPS) is 26.1. The van der Waals surface area contributed by atoms with Gasteiger partial charge in [0.1, 0.15) is 11.9 Å². The molecule has 3 aliphatic rings. The van der Waals surface area contributed by atoms with Gasteiger partial charge in [0.05, 0.1) is 24.3 Å². The van der Waals surface area contributed by atoms with Crippen LogP contribution in [-0.2, 0) is 16.0 Å². The molecule has 168 valence electrons. The highest BCUT2D eigenvalue weighted by atomic mass is 19.1. The molecule has 1 saturated carbocycles. The van der Waals surface area contributed by atoms with E-state index in [1.54, 1.807) is 12.3 Å². The predicted octanol–water partition coefficient (Wildman–Crippen LogP) is 2.73. The first-order chi connectivity index (χ1) is 15.6. The number of hydrogen-bond donors (Lipinski definition) is 2. The number of benzene rings is 1. The molecule has 2 N–H and O–H groups in total. The molecular formula is C24H28FN5O2. The minimum Gasteiger partial charge on any atom is -0.381 e. The zero-order valence-electron chi connectivity index (χ0n) is 18.0. The number of halogens is 1. The molecule has 2 unspecified atom stereocenters. The molecule has 1 aromatic carbocycles. The smallest absolute Gasteiger partial charge is 0.238 e. The Morgan fingerprint density at radius 3 is 2.84 bits per heavy atom. The first-order valence-corrected chi connectivity index (χ1v) is 11.5. The SMILES string of the molecule is N#CC(Cc1ccc(-c2cnn(C3CCOCC3)c2)cc1F)NC(=O)[C@H]1N[C@@H]2CCC1C2. The Hall–Kier alpha value is -2.76. The number of aromatic nitrogens is 2. The van der Waals surface area contributed by atoms with Crippen molar-refractivity contribution >= 4 is 5.91 Å². The number of ether oxygens (including phenoxy) is 1. The molecule has 3 heterocycles. The minimum absolute atomic E-state index is 0.135. The summed E-state index contributed by atoms with van der Waals surface area (Å²) < 4.78 is 22.2. The van der Waals surface area contributed by atoms with E-state index < -0.39 is 6.04 Å². The van der Waals surface area contributed by atoms with Crippen LogP contribution < -0.4 is 10.6 Å². The lowest BCUT2D eigenvalue weighted by molar-refractivity contribution is -0.124. The van der Waals surface area contributed by atoms with E-state index in [9.17, 15) is 14.4 Å². The summed E-state index contributed by atoms with van der Waals surface area (Å²) >= 11 is 0. The Kier molecular flexibility index (Phi) is 5.94. The summed E-state index contributed by atoms with van der Waals surface area (Å²) in [6.07, 6.45) is 8.87. The number of piperidine rings is 1. The van der Waals surface area contributed by atoms with Crippen molar-refractivity contribution in [2.24, 2.45) is 5.92 Å². The molecule has 1 aliphatic carbocycles. The summed E-state index contributed by atoms with van der Waals surface area (Å²) in [5.74, 6) is -0.187. The van der Waals surface area contributed by atoms with Gasteiger partial charge in [-0.25, -0.2) is 4.39 Å². The van der Waals surface area contributed by atoms with E-state index in [1.807, 2.05) is 16.9 Å². The molecule has 0 radical (unpaired) electrons. The second-order valence-electron chi connectivity index (χ2n) is 9.17. The summed E-state index contributed by atoms with van der Waals surface area (Å²) in [7, 11) is 0. The molecule has 2 saturated heterocycles. The topological polar surface area (TPSA) is 92.0 Å². The minimum atomic E-state index is -0.764. The second kappa shape index (κ2) is 9.00. The molecule has 7 nitrogen and oxygen atoms in total. The van der Waals surface area contributed by atoms with Gasteiger partial charge in [-0.15, -0.1) is 0 Å². The molecule has 8 heteroatoms. The number of hydrogen-bond acceptors (Lipinski definition) is 5. The van der Waals surface area contributed by atoms with Crippen molar-refractivity contribution in [3.05, 3.63) is 42.0 Å². The van der Waals surface area contributed by atoms with Crippen molar-refractivity contribution in [2.45, 2.75) is 62.7 Å². The van der Waals surface area contributed by atoms with Crippen molar-refractivity contribution in [1.29, 1.82) is 5.26 Å². The van der Waals surface area contributed by atoms with E-state index in [1.165, 1.54) is 6.07 Å². The number of amides is 1. The number of carbonyl (C=O) groups excluding carboxylic acids is 1. The third kappa shape index (κ3) is 4.27. The molecule has 1 amide bonds. The van der Waals surface area contributed by atoms with Crippen LogP contribution in [-0.4, -0.2) is 47.0 Å². The predicted molar refractivity (Wildman–Crippen MR) is 116 cm³/mol. The lowest BCUT2D eigenvalue weighted by Gasteiger charge is -2.23. The molecular weight excluding hydrogens is 409 g/mol. The molecule has 5 rings (SSSR count). The van der Waals surface area contributed by atoms with Gasteiger partial charge in [-0.1, -0.05) is 12.1 Å². The lowest BCUT2D eigenvalue weighted by atomic mass is 9.98. The van der Waals surface area contributed by atoms with Crippen molar-refractivity contribution in [3.63, 3.8) is 0 Å². The monoisotopic (exact) mass is 437 g/mol. The summed E-state index contributed by atoms with van der Waals surface area (Å²) in [5.41, 5.74) is 2.01. The average Bonchev–Trinajstić information content (AvgIpc) is 3.57. The van der Waals surface area contributed by atoms with Gasteiger partial charge in [-0.3, -0.25) is 9.48 Å². The van der Waals surface area contributed by atoms with E-state index >= 15 is 0 Å². The first kappa shape index (κ1) is 21.1. The number of carbonyl (C=O) groups is 1. The Labute approximate surface area is 186 Å². The van der Waals surface area contributed by atoms with Crippen LogP contribution in [0, 0.1) is 23.1 Å². The first-order valence-electron chi connectivity index (χ1n) is 11.5. The zero-order chi connectivity index (χ0) is 22.1. The van der Waals surface area contributed by atoms with Gasteiger partial charge in [0, 0.05) is 37.4 Å². The lowest BCUT2D eigenvalue weighted by Crippen LogP contribution is -2.50. The van der Waals surface area contributed by atoms with E-state index in [2.05, 4.69) is 21.8 Å². The van der Waals surface area contributed by atoms with Crippen LogP contribution in [0.15, 0.2) is 30.6 Å². The van der Waals surface area contributed by atoms with Gasteiger partial charge in [0.2, 0.25) is 5.91 Å². The van der Waals surface area contributed by atoms with Gasteiger partial charge in [-0.2, -0.15) is 10.4 Å². The van der Waals surface area contributed by atoms with Crippen LogP contribution in [0.5, 0.6) is 0 Å². The third-order valence-corrected chi connectivity index (χ3v) is 7.09. The Morgan fingerprint density at radius 2 is 2.16 bits per heavy atom. The zero-order valence-corrected chi connectivity index (χ0v) is 18.0. The fraction of sp³-hybridized carbons (Fsp3) is 0.542. The van der Waals surface area contributed by atoms with E-state index in [4.69, 9.17) is 4.74 Å². The van der Waals surface area contributed by atoms with Gasteiger partial charge < -0.3 is 15.4 Å². The summed E-state index contributed by atoms with van der Waals surface area (Å²) in [5, 5.41) is 20.1. The largest absolute Gasteiger partial charge is 0.381 e. The number of nitrogens with zero attached hydrogens (tertiary/aromatic N) is 3. The number of rotatable bonds is 6. The average molecular weight is 438 g/mol. The van der Waals surface area contributed by atoms with Crippen LogP contribution in [0.4, 0.5) is 4.39 Å². The maximum atomic E-state index is 14.9. The van der Waals surface area contributed by atoms with Crippen LogP contribution in [0.1, 0.15) is 43.7 Å². The Balaban J connectivity index is 1.23. The van der Waals surface area contributed by atoms with Crippen LogP contribution >= 0.6 is 0 Å². The number of nitriles is 1. The maximum absolute atomic E-state index is 14.9. The molecule has 4 atom stereocenters. The molecule has 3 fully saturated rings. The molecule has 2 aliphatic heterocycles. The van der Waals surface area contributed by atoms with Crippen molar-refractivity contribution in [3.8, 4) is 17.2 Å². The molecule has 2 aromatic rings. The number of fused-ring (bicyclic) bond motifs is 2. The highest BCUT2D eigenvalue weighted by Gasteiger charge is 2.43. The van der Waals surface area contributed by atoms with Gasteiger partial charge in [0.25, 0.3) is 0 Å². The van der Waals surface area contributed by atoms with E-state index in [-0.39, 0.29) is 24.2 Å². The molecule has 0 spiro atoms. The second-order valence-corrected chi connectivity index (χ2v) is 9.17. The quantitative estimate of drug-likeness (QED) is 0.725. The van der Waals surface area contributed by atoms with Gasteiger partial charge in [0.15, 0.2) is 0 Å². The highest BCUT2D eigenvalue weighted by Crippen LogP contribution is 2.35. The molecule has 1 aromatic heterocycles. The van der Waals surface area contributed by atoms with Crippen LogP contribution in [0.25, 0.3) is 11.1 Å². The van der Waals surface area contributed by atoms with E-state index in [0.29, 0.717) is 23.6 Å². The van der Waals surface area contributed by atoms with Crippen molar-refractivity contribution < 1.29 is 13.9 Å². The summed E-state index contributed by atoms with van der Waals surface area (Å²) in [6.45, 7) is 1.47. The number of nitrogens with one attached hydrogen (secondary N) is 2. The Morgan fingerprint density at radius 1 is 1.31 bits per heavy atom. The standard InChI is InChI=1S/C24H28FN5O2/c25-22-11-15(18-13-27-30(14-18)21-5-7-32-8-6-21)1-2-16(22)9-20(12-26)29-24(31)23-17-3-4-19(10-17)28-23/h1-2,11,13-14,17,19-21,23,28H,3-10H2,(H,29,31)/t17?,19-,20?,23+/m1/s1. The van der Waals surface area contributed by atoms with Gasteiger partial charge >= 0.3 is 0 Å². The Bertz CT molecular complexity index is 1030. The van der Waals surface area contributed by atoms with E-state index in [0.717, 1.165) is 56.4 Å². The summed E-state index contributed by atoms with van der Waals surface area (Å²) in [6, 6.07) is 6.86. The molecule has 2 bridgehead atoms. The van der Waals surface area contributed by atoms with Crippen molar-refractivity contribution in [1.82, 2.24) is 20.4 Å². The molecule has 32 heavy (non-hydrogen) atoms. The van der Waals surface area contributed by atoms with Crippen LogP contribution in [0.2, 0.25) is 0 Å². The summed E-state index contributed by atoms with van der Waals surface area (Å²) in [4.78, 5) is 12.6. The highest BCUT2D eigenvalue weighted by molar-refractivity contribution is 5.83. The fourth-order valence-electron chi connectivity index (χ4n) is 5.29. The van der Waals surface area contributed by atoms with Gasteiger partial charge in [-0.05, 0) is 55.2 Å². The van der Waals surface area contributed by atoms with Crippen LogP contribution in [0.3, 0.4) is 0 Å². The fourth-order valence-corrected chi connectivity index (χ4v) is 5.29. The third-order valence-electron chi connectivity index (χ3n) is 7.09. The maximum Gasteiger partial charge on any atom is 0.238 e. The van der Waals surface area contributed by atoms with Crippen molar-refractivity contribution in [2.75, 3.05) is 13.2 Å².